The molecule has 0 atom stereocenters. The van der Waals surface area contributed by atoms with Gasteiger partial charge in [0.25, 0.3) is 0 Å². The van der Waals surface area contributed by atoms with Crippen molar-refractivity contribution in [2.45, 2.75) is 25.7 Å². The molecule has 0 aliphatic heterocycles. The molecule has 0 aliphatic rings. The maximum Gasteiger partial charge on any atom is 0.0480 e. The van der Waals surface area contributed by atoms with Crippen LogP contribution in [0.1, 0.15) is 19.4 Å². The molecule has 0 fully saturated rings. The second kappa shape index (κ2) is 5.18. The summed E-state index contributed by atoms with van der Waals surface area (Å²) in [6, 6.07) is 6.57. The summed E-state index contributed by atoms with van der Waals surface area (Å²) in [7, 11) is 0. The average Bonchev–Trinajstić information content (AvgIpc) is 2.10. The number of rotatable bonds is 4. The van der Waals surface area contributed by atoms with Gasteiger partial charge in [-0.15, -0.1) is 11.8 Å². The average molecular weight is 195 g/mol. The quantitative estimate of drug-likeness (QED) is 0.737. The van der Waals surface area contributed by atoms with E-state index in [1.165, 1.54) is 16.1 Å². The van der Waals surface area contributed by atoms with Crippen LogP contribution in [-0.2, 0) is 0 Å². The van der Waals surface area contributed by atoms with E-state index in [4.69, 9.17) is 0 Å². The highest BCUT2D eigenvalue weighted by Crippen LogP contribution is 2.27. The van der Waals surface area contributed by atoms with Gasteiger partial charge in [0.2, 0.25) is 0 Å². The number of hydrogen-bond donors (Lipinski definition) is 1. The summed E-state index contributed by atoms with van der Waals surface area (Å²) >= 11 is 1.89. The lowest BCUT2D eigenvalue weighted by Crippen LogP contribution is -1.98. The number of hydrogen-bond acceptors (Lipinski definition) is 2. The van der Waals surface area contributed by atoms with E-state index in [9.17, 15) is 0 Å². The Bertz CT molecular complexity index is 271. The minimum atomic E-state index is 0.987. The first-order valence-corrected chi connectivity index (χ1v) is 5.73. The summed E-state index contributed by atoms with van der Waals surface area (Å²) in [5.74, 6) is 1.13. The molecule has 0 saturated heterocycles. The van der Waals surface area contributed by atoms with Gasteiger partial charge >= 0.3 is 0 Å². The van der Waals surface area contributed by atoms with Crippen LogP contribution in [0.15, 0.2) is 23.1 Å². The highest BCUT2D eigenvalue weighted by atomic mass is 32.2. The summed E-state index contributed by atoms with van der Waals surface area (Å²) in [5.41, 5.74) is 2.59. The van der Waals surface area contributed by atoms with E-state index >= 15 is 0 Å². The Labute approximate surface area is 84.9 Å². The largest absolute Gasteiger partial charge is 0.384 e. The maximum atomic E-state index is 3.38. The Morgan fingerprint density at radius 3 is 2.69 bits per heavy atom. The van der Waals surface area contributed by atoms with Crippen molar-refractivity contribution in [3.8, 4) is 0 Å². The zero-order valence-electron chi connectivity index (χ0n) is 8.55. The first-order chi connectivity index (χ1) is 6.27. The summed E-state index contributed by atoms with van der Waals surface area (Å²) in [6.45, 7) is 7.42. The molecule has 1 aromatic rings. The fourth-order valence-corrected chi connectivity index (χ4v) is 2.02. The highest BCUT2D eigenvalue weighted by molar-refractivity contribution is 7.99. The monoisotopic (exact) mass is 195 g/mol. The van der Waals surface area contributed by atoms with Gasteiger partial charge in [-0.25, -0.2) is 0 Å². The van der Waals surface area contributed by atoms with Crippen molar-refractivity contribution in [2.75, 3.05) is 17.6 Å². The Balaban J connectivity index is 2.89. The fraction of sp³-hybridized carbons (Fsp3) is 0.455. The third kappa shape index (κ3) is 2.96. The van der Waals surface area contributed by atoms with Gasteiger partial charge in [0.15, 0.2) is 0 Å². The zero-order valence-corrected chi connectivity index (χ0v) is 9.37. The van der Waals surface area contributed by atoms with E-state index in [-0.39, 0.29) is 0 Å². The third-order valence-corrected chi connectivity index (χ3v) is 2.76. The van der Waals surface area contributed by atoms with Gasteiger partial charge in [0.1, 0.15) is 0 Å². The van der Waals surface area contributed by atoms with Crippen molar-refractivity contribution in [3.05, 3.63) is 23.8 Å². The molecule has 2 heteroatoms. The van der Waals surface area contributed by atoms with Crippen molar-refractivity contribution < 1.29 is 0 Å². The van der Waals surface area contributed by atoms with E-state index < -0.39 is 0 Å². The van der Waals surface area contributed by atoms with Crippen LogP contribution in [0.2, 0.25) is 0 Å². The van der Waals surface area contributed by atoms with E-state index in [1.54, 1.807) is 0 Å². The van der Waals surface area contributed by atoms with E-state index in [0.717, 1.165) is 12.3 Å². The molecule has 1 nitrogen and oxygen atoms in total. The van der Waals surface area contributed by atoms with Crippen LogP contribution >= 0.6 is 11.8 Å². The molecule has 0 bridgehead atoms. The molecule has 13 heavy (non-hydrogen) atoms. The minimum absolute atomic E-state index is 0.987. The first kappa shape index (κ1) is 10.5. The number of aryl methyl sites for hydroxylation is 1. The van der Waals surface area contributed by atoms with Crippen LogP contribution in [0.5, 0.6) is 0 Å². The second-order valence-electron chi connectivity index (χ2n) is 2.96. The van der Waals surface area contributed by atoms with Crippen LogP contribution in [-0.4, -0.2) is 12.3 Å². The van der Waals surface area contributed by atoms with Crippen molar-refractivity contribution >= 4 is 17.4 Å². The number of nitrogens with one attached hydrogen (secondary N) is 1. The lowest BCUT2D eigenvalue weighted by atomic mass is 10.2. The van der Waals surface area contributed by atoms with Gasteiger partial charge in [-0.05, 0) is 37.3 Å². The molecule has 0 amide bonds. The maximum absolute atomic E-state index is 3.38. The van der Waals surface area contributed by atoms with Gasteiger partial charge in [-0.1, -0.05) is 13.0 Å². The first-order valence-electron chi connectivity index (χ1n) is 4.75. The lowest BCUT2D eigenvalue weighted by Gasteiger charge is -2.10. The lowest BCUT2D eigenvalue weighted by molar-refractivity contribution is 1.18. The molecule has 0 heterocycles. The Kier molecular flexibility index (Phi) is 4.16. The van der Waals surface area contributed by atoms with Crippen molar-refractivity contribution in [1.29, 1.82) is 0 Å². The summed E-state index contributed by atoms with van der Waals surface area (Å²) in [4.78, 5) is 1.36. The SMILES string of the molecule is CCNc1cc(C)ccc1SCC. The Hall–Kier alpha value is -0.630. The zero-order chi connectivity index (χ0) is 9.68. The normalized spacial score (nSPS) is 10.1. The van der Waals surface area contributed by atoms with Gasteiger partial charge in [-0.2, -0.15) is 0 Å². The molecule has 0 saturated carbocycles. The number of thioether (sulfide) groups is 1. The standard InChI is InChI=1S/C11H17NS/c1-4-12-10-8-9(3)6-7-11(10)13-5-2/h6-8,12H,4-5H2,1-3H3. The second-order valence-corrected chi connectivity index (χ2v) is 4.27. The molecule has 72 valence electrons. The molecule has 0 aromatic heterocycles. The van der Waals surface area contributed by atoms with Gasteiger partial charge in [0.05, 0.1) is 0 Å². The topological polar surface area (TPSA) is 12.0 Å². The predicted octanol–water partition coefficient (Wildman–Crippen LogP) is 3.54. The molecule has 0 aliphatic carbocycles. The predicted molar refractivity (Wildman–Crippen MR) is 61.7 cm³/mol. The van der Waals surface area contributed by atoms with Crippen molar-refractivity contribution in [2.24, 2.45) is 0 Å². The van der Waals surface area contributed by atoms with Crippen LogP contribution in [0, 0.1) is 6.92 Å². The highest BCUT2D eigenvalue weighted by Gasteiger charge is 2.00. The van der Waals surface area contributed by atoms with Gasteiger partial charge in [-0.3, -0.25) is 0 Å². The third-order valence-electron chi connectivity index (χ3n) is 1.80. The Morgan fingerprint density at radius 2 is 2.08 bits per heavy atom. The van der Waals surface area contributed by atoms with E-state index in [2.05, 4.69) is 44.3 Å². The summed E-state index contributed by atoms with van der Waals surface area (Å²) in [6.07, 6.45) is 0. The van der Waals surface area contributed by atoms with Gasteiger partial charge in [0, 0.05) is 17.1 Å². The molecule has 0 spiro atoms. The molecule has 1 rings (SSSR count). The van der Waals surface area contributed by atoms with E-state index in [0.29, 0.717) is 0 Å². The van der Waals surface area contributed by atoms with E-state index in [1.807, 2.05) is 11.8 Å². The minimum Gasteiger partial charge on any atom is -0.384 e. The van der Waals surface area contributed by atoms with Gasteiger partial charge < -0.3 is 5.32 Å². The molecule has 0 radical (unpaired) electrons. The number of benzene rings is 1. The molecule has 1 aromatic carbocycles. The fourth-order valence-electron chi connectivity index (χ4n) is 1.25. The van der Waals surface area contributed by atoms with Crippen molar-refractivity contribution in [1.82, 2.24) is 0 Å². The Morgan fingerprint density at radius 1 is 1.31 bits per heavy atom. The van der Waals surface area contributed by atoms with Crippen LogP contribution < -0.4 is 5.32 Å². The van der Waals surface area contributed by atoms with Crippen LogP contribution in [0.4, 0.5) is 5.69 Å². The molecular weight excluding hydrogens is 178 g/mol. The molecule has 1 N–H and O–H groups in total. The summed E-state index contributed by atoms with van der Waals surface area (Å²) in [5, 5.41) is 3.38. The van der Waals surface area contributed by atoms with Crippen LogP contribution in [0.25, 0.3) is 0 Å². The van der Waals surface area contributed by atoms with Crippen molar-refractivity contribution in [3.63, 3.8) is 0 Å². The molecular formula is C11H17NS. The number of anilines is 1. The van der Waals surface area contributed by atoms with Crippen LogP contribution in [0.3, 0.4) is 0 Å². The smallest absolute Gasteiger partial charge is 0.0480 e. The molecule has 0 unspecified atom stereocenters. The summed E-state index contributed by atoms with van der Waals surface area (Å²) < 4.78 is 0.